The van der Waals surface area contributed by atoms with Crippen molar-refractivity contribution in [3.8, 4) is 5.75 Å². The number of nitrogens with one attached hydrogen (secondary N) is 1. The number of carbonyl (C=O) groups excluding carboxylic acids is 2. The van der Waals surface area contributed by atoms with Gasteiger partial charge in [0, 0.05) is 12.8 Å². The molecule has 3 N–H and O–H groups in total. The van der Waals surface area contributed by atoms with Crippen LogP contribution in [-0.2, 0) is 21.4 Å². The first kappa shape index (κ1) is 26.0. The van der Waals surface area contributed by atoms with Crippen molar-refractivity contribution in [1.82, 2.24) is 5.32 Å². The number of amides is 2. The first-order valence-electron chi connectivity index (χ1n) is 12.0. The zero-order valence-corrected chi connectivity index (χ0v) is 21.3. The van der Waals surface area contributed by atoms with Gasteiger partial charge in [-0.05, 0) is 34.4 Å². The summed E-state index contributed by atoms with van der Waals surface area (Å²) in [6.45, 7) is 0. The fourth-order valence-corrected chi connectivity index (χ4v) is 5.04. The van der Waals surface area contributed by atoms with Gasteiger partial charge in [-0.2, -0.15) is 0 Å². The number of hydrogen-bond acceptors (Lipinski definition) is 3. The Bertz CT molecular complexity index is 1250. The van der Waals surface area contributed by atoms with Crippen LogP contribution in [0.25, 0.3) is 0 Å². The summed E-state index contributed by atoms with van der Waals surface area (Å²) in [7, 11) is 1.53. The number of nitrogens with two attached hydrogens (primary N) is 1. The molecule has 4 aromatic rings. The minimum absolute atomic E-state index is 0.0815. The highest BCUT2D eigenvalue weighted by Gasteiger charge is 2.39. The lowest BCUT2D eigenvalue weighted by atomic mass is 9.67. The van der Waals surface area contributed by atoms with Crippen LogP contribution < -0.4 is 15.8 Å². The van der Waals surface area contributed by atoms with Crippen LogP contribution in [0.5, 0.6) is 5.75 Å². The molecule has 0 saturated carbocycles. The fraction of sp³-hybridized carbons (Fsp3) is 0.161. The van der Waals surface area contributed by atoms with Crippen LogP contribution in [0.2, 0.25) is 5.02 Å². The normalized spacial score (nSPS) is 11.9. The molecule has 1 atom stereocenters. The minimum atomic E-state index is -0.906. The van der Waals surface area contributed by atoms with Gasteiger partial charge in [-0.15, -0.1) is 0 Å². The van der Waals surface area contributed by atoms with Crippen LogP contribution in [0.4, 0.5) is 0 Å². The van der Waals surface area contributed by atoms with Crippen molar-refractivity contribution in [2.45, 2.75) is 24.3 Å². The van der Waals surface area contributed by atoms with Crippen molar-refractivity contribution in [2.75, 3.05) is 7.11 Å². The maximum Gasteiger partial charge on any atom is 0.240 e. The molecule has 2 amide bonds. The zero-order valence-electron chi connectivity index (χ0n) is 20.6. The van der Waals surface area contributed by atoms with Gasteiger partial charge < -0.3 is 15.8 Å². The van der Waals surface area contributed by atoms with E-state index in [-0.39, 0.29) is 18.7 Å². The first-order valence-corrected chi connectivity index (χ1v) is 12.4. The largest absolute Gasteiger partial charge is 0.495 e. The Hall–Kier alpha value is -4.09. The maximum atomic E-state index is 13.7. The van der Waals surface area contributed by atoms with E-state index in [1.807, 2.05) is 91.0 Å². The lowest BCUT2D eigenvalue weighted by Crippen LogP contribution is -2.48. The molecule has 0 aliphatic heterocycles. The third-order valence-electron chi connectivity index (χ3n) is 6.56. The van der Waals surface area contributed by atoms with Crippen molar-refractivity contribution >= 4 is 23.4 Å². The number of carbonyl (C=O) groups is 2. The van der Waals surface area contributed by atoms with E-state index in [1.54, 1.807) is 18.2 Å². The van der Waals surface area contributed by atoms with Gasteiger partial charge in [0.15, 0.2) is 0 Å². The van der Waals surface area contributed by atoms with E-state index < -0.39 is 17.4 Å². The molecule has 0 spiro atoms. The van der Waals surface area contributed by atoms with Crippen molar-refractivity contribution in [3.05, 3.63) is 136 Å². The monoisotopic (exact) mass is 512 g/mol. The van der Waals surface area contributed by atoms with E-state index in [9.17, 15) is 9.59 Å². The molecule has 188 valence electrons. The molecular weight excluding hydrogens is 484 g/mol. The van der Waals surface area contributed by atoms with E-state index in [0.29, 0.717) is 10.8 Å². The molecule has 0 bridgehead atoms. The van der Waals surface area contributed by atoms with E-state index in [4.69, 9.17) is 22.1 Å². The van der Waals surface area contributed by atoms with E-state index in [2.05, 4.69) is 5.32 Å². The molecule has 0 heterocycles. The van der Waals surface area contributed by atoms with Gasteiger partial charge in [0.05, 0.1) is 17.5 Å². The molecule has 6 heteroatoms. The van der Waals surface area contributed by atoms with Gasteiger partial charge >= 0.3 is 0 Å². The van der Waals surface area contributed by atoms with E-state index in [1.165, 1.54) is 7.11 Å². The Morgan fingerprint density at radius 2 is 1.32 bits per heavy atom. The smallest absolute Gasteiger partial charge is 0.240 e. The second kappa shape index (κ2) is 11.8. The number of methoxy groups -OCH3 is 1. The third kappa shape index (κ3) is 5.84. The van der Waals surface area contributed by atoms with Crippen LogP contribution in [0.1, 0.15) is 28.7 Å². The summed E-state index contributed by atoms with van der Waals surface area (Å²) in [5, 5.41) is 3.31. The molecule has 0 aromatic heterocycles. The van der Waals surface area contributed by atoms with Crippen LogP contribution in [0, 0.1) is 0 Å². The second-order valence-electron chi connectivity index (χ2n) is 8.88. The molecule has 0 aliphatic rings. The van der Waals surface area contributed by atoms with Crippen LogP contribution >= 0.6 is 11.6 Å². The summed E-state index contributed by atoms with van der Waals surface area (Å²) in [6, 6.07) is 34.1. The van der Waals surface area contributed by atoms with Gasteiger partial charge in [0.1, 0.15) is 11.8 Å². The third-order valence-corrected chi connectivity index (χ3v) is 6.86. The Labute approximate surface area is 222 Å². The molecule has 0 fully saturated rings. The molecular formula is C31H29ClN2O3. The lowest BCUT2D eigenvalue weighted by molar-refractivity contribution is -0.127. The summed E-state index contributed by atoms with van der Waals surface area (Å²) in [4.78, 5) is 26.1. The highest BCUT2D eigenvalue weighted by Crippen LogP contribution is 2.42. The second-order valence-corrected chi connectivity index (χ2v) is 9.28. The maximum absolute atomic E-state index is 13.7. The van der Waals surface area contributed by atoms with Crippen LogP contribution in [-0.4, -0.2) is 25.0 Å². The van der Waals surface area contributed by atoms with Gasteiger partial charge in [-0.1, -0.05) is 109 Å². The van der Waals surface area contributed by atoms with Crippen LogP contribution in [0.3, 0.4) is 0 Å². The Kier molecular flexibility index (Phi) is 8.26. The van der Waals surface area contributed by atoms with E-state index in [0.717, 1.165) is 22.3 Å². The summed E-state index contributed by atoms with van der Waals surface area (Å²) >= 11 is 6.26. The number of hydrogen-bond donors (Lipinski definition) is 2. The zero-order chi connectivity index (χ0) is 26.3. The van der Waals surface area contributed by atoms with Gasteiger partial charge in [-0.3, -0.25) is 9.59 Å². The summed E-state index contributed by atoms with van der Waals surface area (Å²) in [5.74, 6) is -0.381. The predicted molar refractivity (Wildman–Crippen MR) is 147 cm³/mol. The average Bonchev–Trinajstić information content (AvgIpc) is 2.93. The van der Waals surface area contributed by atoms with Crippen LogP contribution in [0.15, 0.2) is 109 Å². The predicted octanol–water partition coefficient (Wildman–Crippen LogP) is 5.29. The standard InChI is InChI=1S/C31H29ClN2O3/c1-37-28-18-17-22(19-26(28)32)20-27(30(33)36)34-29(35)21-31(23-11-5-2-6-12-23,24-13-7-3-8-14-24)25-15-9-4-10-16-25/h2-19,27H,20-21H2,1H3,(H2,33,36)(H,34,35)/t27-/m1/s1. The van der Waals surface area contributed by atoms with Crippen molar-refractivity contribution < 1.29 is 14.3 Å². The molecule has 0 radical (unpaired) electrons. The van der Waals surface area contributed by atoms with Gasteiger partial charge in [-0.25, -0.2) is 0 Å². The molecule has 0 unspecified atom stereocenters. The van der Waals surface area contributed by atoms with Crippen molar-refractivity contribution in [2.24, 2.45) is 5.73 Å². The quantitative estimate of drug-likeness (QED) is 0.283. The molecule has 5 nitrogen and oxygen atoms in total. The fourth-order valence-electron chi connectivity index (χ4n) is 4.76. The number of rotatable bonds is 10. The number of halogens is 1. The van der Waals surface area contributed by atoms with Gasteiger partial charge in [0.2, 0.25) is 11.8 Å². The highest BCUT2D eigenvalue weighted by atomic mass is 35.5. The minimum Gasteiger partial charge on any atom is -0.495 e. The molecule has 4 rings (SSSR count). The average molecular weight is 513 g/mol. The topological polar surface area (TPSA) is 81.4 Å². The molecule has 4 aromatic carbocycles. The summed E-state index contributed by atoms with van der Waals surface area (Å²) in [5.41, 5.74) is 8.61. The Morgan fingerprint density at radius 3 is 1.73 bits per heavy atom. The summed E-state index contributed by atoms with van der Waals surface area (Å²) in [6.07, 6.45) is 0.290. The number of benzene rings is 4. The molecule has 0 aliphatic carbocycles. The molecule has 0 saturated heterocycles. The van der Waals surface area contributed by atoms with Crippen molar-refractivity contribution in [1.29, 1.82) is 0 Å². The summed E-state index contributed by atoms with van der Waals surface area (Å²) < 4.78 is 5.20. The number of ether oxygens (including phenoxy) is 1. The van der Waals surface area contributed by atoms with Crippen molar-refractivity contribution in [3.63, 3.8) is 0 Å². The number of primary amides is 1. The highest BCUT2D eigenvalue weighted by molar-refractivity contribution is 6.32. The van der Waals surface area contributed by atoms with Gasteiger partial charge in [0.25, 0.3) is 0 Å². The first-order chi connectivity index (χ1) is 17.9. The Morgan fingerprint density at radius 1 is 0.838 bits per heavy atom. The van der Waals surface area contributed by atoms with E-state index >= 15 is 0 Å². The Balaban J connectivity index is 1.70. The SMILES string of the molecule is COc1ccc(C[C@@H](NC(=O)CC(c2ccccc2)(c2ccccc2)c2ccccc2)C(N)=O)cc1Cl. The lowest BCUT2D eigenvalue weighted by Gasteiger charge is -2.36. The molecule has 37 heavy (non-hydrogen) atoms.